The van der Waals surface area contributed by atoms with Crippen LogP contribution in [0.3, 0.4) is 0 Å². The first kappa shape index (κ1) is 16.9. The van der Waals surface area contributed by atoms with Crippen LogP contribution in [0.4, 0.5) is 0 Å². The van der Waals surface area contributed by atoms with Crippen molar-refractivity contribution in [2.45, 2.75) is 11.8 Å². The minimum atomic E-state index is -3.54. The summed E-state index contributed by atoms with van der Waals surface area (Å²) in [4.78, 5) is 13.8. The van der Waals surface area contributed by atoms with Gasteiger partial charge in [-0.05, 0) is 19.1 Å². The fourth-order valence-electron chi connectivity index (χ4n) is 1.46. The van der Waals surface area contributed by atoms with Crippen LogP contribution in [0.15, 0.2) is 32.9 Å². The number of aliphatic imine (C=N–C) groups is 1. The minimum absolute atomic E-state index is 0.203. The van der Waals surface area contributed by atoms with Crippen molar-refractivity contribution in [3.63, 3.8) is 0 Å². The average Bonchev–Trinajstić information content (AvgIpc) is 2.31. The molecule has 1 rings (SSSR count). The van der Waals surface area contributed by atoms with Crippen molar-refractivity contribution in [3.05, 3.63) is 23.5 Å². The molecule has 0 unspecified atom stereocenters. The third kappa shape index (κ3) is 4.43. The minimum Gasteiger partial charge on any atom is -0.494 e. The van der Waals surface area contributed by atoms with Crippen LogP contribution in [-0.4, -0.2) is 44.0 Å². The second kappa shape index (κ2) is 6.51. The number of sulfonamides is 1. The predicted octanol–water partition coefficient (Wildman–Crippen LogP) is 1.65. The van der Waals surface area contributed by atoms with Crippen molar-refractivity contribution < 1.29 is 17.9 Å². The molecule has 1 aliphatic carbocycles. The van der Waals surface area contributed by atoms with E-state index in [0.29, 0.717) is 5.57 Å². The fraction of sp³-hybridized carbons (Fsp3) is 0.364. The van der Waals surface area contributed by atoms with Gasteiger partial charge >= 0.3 is 0 Å². The number of halogens is 2. The Kier molecular flexibility index (Phi) is 5.50. The molecule has 0 fully saturated rings. The summed E-state index contributed by atoms with van der Waals surface area (Å²) in [5.41, 5.74) is 0.852. The van der Waals surface area contributed by atoms with Gasteiger partial charge in [-0.3, -0.25) is 4.79 Å². The van der Waals surface area contributed by atoms with Gasteiger partial charge in [-0.15, -0.1) is 0 Å². The van der Waals surface area contributed by atoms with Gasteiger partial charge in [0, 0.05) is 5.57 Å². The zero-order valence-corrected chi connectivity index (χ0v) is 13.3. The second-order valence-corrected chi connectivity index (χ2v) is 6.58. The van der Waals surface area contributed by atoms with Crippen LogP contribution in [0.25, 0.3) is 0 Å². The van der Waals surface area contributed by atoms with Crippen LogP contribution < -0.4 is 0 Å². The zero-order valence-electron chi connectivity index (χ0n) is 10.9. The lowest BCUT2D eigenvalue weighted by molar-refractivity contribution is -0.116. The number of ether oxygens (including phenoxy) is 1. The third-order valence-corrected chi connectivity index (χ3v) is 3.14. The van der Waals surface area contributed by atoms with E-state index in [-0.39, 0.29) is 17.2 Å². The van der Waals surface area contributed by atoms with Crippen LogP contribution in [0, 0.1) is 0 Å². The average molecular weight is 339 g/mol. The highest BCUT2D eigenvalue weighted by Gasteiger charge is 2.21. The maximum atomic E-state index is 11.4. The van der Waals surface area contributed by atoms with Crippen LogP contribution in [0.1, 0.15) is 6.92 Å². The Morgan fingerprint density at radius 1 is 1.30 bits per heavy atom. The first-order valence-corrected chi connectivity index (χ1v) is 8.02. The standard InChI is InChI=1S/C11H12Cl2N2O4S/c1-6-7(15-20(3,17)18)4-5-8(9(6)19-2)14-11(16)10(12)13/h4-5,10H,1-3H3/b14-8?,15-7+. The van der Waals surface area contributed by atoms with E-state index in [4.69, 9.17) is 27.9 Å². The smallest absolute Gasteiger partial charge is 0.279 e. The summed E-state index contributed by atoms with van der Waals surface area (Å²) in [6.07, 6.45) is 3.80. The first-order valence-electron chi connectivity index (χ1n) is 5.30. The van der Waals surface area contributed by atoms with E-state index >= 15 is 0 Å². The molecule has 9 heteroatoms. The van der Waals surface area contributed by atoms with Gasteiger partial charge in [0.05, 0.1) is 19.1 Å². The highest BCUT2D eigenvalue weighted by atomic mass is 35.5. The largest absolute Gasteiger partial charge is 0.494 e. The van der Waals surface area contributed by atoms with E-state index in [2.05, 4.69) is 9.39 Å². The van der Waals surface area contributed by atoms with Crippen molar-refractivity contribution in [1.29, 1.82) is 0 Å². The number of hydrogen-bond acceptors (Lipinski definition) is 4. The number of nitrogens with zero attached hydrogens (tertiary/aromatic N) is 2. The van der Waals surface area contributed by atoms with Gasteiger partial charge in [-0.2, -0.15) is 4.40 Å². The van der Waals surface area contributed by atoms with E-state index in [0.717, 1.165) is 6.26 Å². The molecular formula is C11H12Cl2N2O4S. The molecule has 0 atom stereocenters. The lowest BCUT2D eigenvalue weighted by Gasteiger charge is -2.15. The van der Waals surface area contributed by atoms with Gasteiger partial charge in [0.1, 0.15) is 11.5 Å². The molecule has 20 heavy (non-hydrogen) atoms. The number of amides is 1. The summed E-state index contributed by atoms with van der Waals surface area (Å²) in [6, 6.07) is 0. The summed E-state index contributed by atoms with van der Waals surface area (Å²) in [5.74, 6) is -0.504. The Morgan fingerprint density at radius 2 is 1.85 bits per heavy atom. The topological polar surface area (TPSA) is 85.2 Å². The molecular weight excluding hydrogens is 327 g/mol. The molecule has 0 saturated heterocycles. The monoisotopic (exact) mass is 338 g/mol. The summed E-state index contributed by atoms with van der Waals surface area (Å²) < 4.78 is 31.1. The Morgan fingerprint density at radius 3 is 2.30 bits per heavy atom. The summed E-state index contributed by atoms with van der Waals surface area (Å²) in [5, 5.41) is 0. The van der Waals surface area contributed by atoms with Crippen LogP contribution in [0.2, 0.25) is 0 Å². The Labute approximate surface area is 126 Å². The van der Waals surface area contributed by atoms with Gasteiger partial charge < -0.3 is 4.74 Å². The van der Waals surface area contributed by atoms with Crippen molar-refractivity contribution in [2.75, 3.05) is 13.4 Å². The maximum Gasteiger partial charge on any atom is 0.279 e. The maximum absolute atomic E-state index is 11.4. The van der Waals surface area contributed by atoms with Crippen LogP contribution in [-0.2, 0) is 19.6 Å². The Balaban J connectivity index is 3.30. The summed E-state index contributed by atoms with van der Waals surface area (Å²) in [7, 11) is -2.17. The van der Waals surface area contributed by atoms with E-state index in [1.54, 1.807) is 6.92 Å². The summed E-state index contributed by atoms with van der Waals surface area (Å²) in [6.45, 7) is 1.60. The van der Waals surface area contributed by atoms with Gasteiger partial charge in [0.2, 0.25) is 0 Å². The molecule has 0 aromatic heterocycles. The predicted molar refractivity (Wildman–Crippen MR) is 79.1 cm³/mol. The summed E-state index contributed by atoms with van der Waals surface area (Å²) >= 11 is 10.8. The molecule has 0 N–H and O–H groups in total. The van der Waals surface area contributed by atoms with Gasteiger partial charge in [-0.1, -0.05) is 23.2 Å². The van der Waals surface area contributed by atoms with Crippen LogP contribution in [0.5, 0.6) is 0 Å². The van der Waals surface area contributed by atoms with Crippen molar-refractivity contribution in [1.82, 2.24) is 0 Å². The molecule has 0 radical (unpaired) electrons. The van der Waals surface area contributed by atoms with E-state index in [9.17, 15) is 13.2 Å². The molecule has 1 amide bonds. The van der Waals surface area contributed by atoms with Crippen molar-refractivity contribution >= 4 is 50.6 Å². The second-order valence-electron chi connectivity index (χ2n) is 3.84. The third-order valence-electron chi connectivity index (χ3n) is 2.24. The lowest BCUT2D eigenvalue weighted by atomic mass is 10.0. The molecule has 6 nitrogen and oxygen atoms in total. The molecule has 110 valence electrons. The van der Waals surface area contributed by atoms with Crippen molar-refractivity contribution in [3.8, 4) is 0 Å². The normalized spacial score (nSPS) is 20.1. The van der Waals surface area contributed by atoms with Gasteiger partial charge in [0.15, 0.2) is 4.84 Å². The van der Waals surface area contributed by atoms with Crippen molar-refractivity contribution in [2.24, 2.45) is 9.39 Å². The lowest BCUT2D eigenvalue weighted by Crippen LogP contribution is -2.18. The highest BCUT2D eigenvalue weighted by molar-refractivity contribution is 7.89. The molecule has 0 aliphatic heterocycles. The Hall–Kier alpha value is -1.18. The number of methoxy groups -OCH3 is 1. The molecule has 0 aromatic carbocycles. The highest BCUT2D eigenvalue weighted by Crippen LogP contribution is 2.18. The first-order chi connectivity index (χ1) is 9.15. The molecule has 0 spiro atoms. The fourth-order valence-corrected chi connectivity index (χ4v) is 2.11. The molecule has 0 aromatic rings. The molecule has 0 saturated carbocycles. The van der Waals surface area contributed by atoms with Gasteiger partial charge in [-0.25, -0.2) is 13.4 Å². The molecule has 0 heterocycles. The number of alkyl halides is 2. The number of hydrogen-bond donors (Lipinski definition) is 0. The van der Waals surface area contributed by atoms with E-state index in [1.807, 2.05) is 0 Å². The zero-order chi connectivity index (χ0) is 15.5. The number of allylic oxidation sites excluding steroid dienone is 3. The number of carbonyl (C=O) groups excluding carboxylic acids is 1. The number of rotatable bonds is 3. The van der Waals surface area contributed by atoms with Crippen LogP contribution >= 0.6 is 23.2 Å². The number of carbonyl (C=O) groups is 1. The molecule has 0 bridgehead atoms. The SMILES string of the molecule is COC1=C(C)/C(=N/S(C)(=O)=O)C=CC1=NC(=O)C(Cl)Cl. The van der Waals surface area contributed by atoms with E-state index < -0.39 is 20.8 Å². The van der Waals surface area contributed by atoms with Gasteiger partial charge in [0.25, 0.3) is 15.9 Å². The van der Waals surface area contributed by atoms with E-state index in [1.165, 1.54) is 19.3 Å². The Bertz CT molecular complexity index is 645. The molecule has 1 aliphatic rings. The quantitative estimate of drug-likeness (QED) is 0.578.